The number of carbonyl (C=O) groups is 1. The summed E-state index contributed by atoms with van der Waals surface area (Å²) in [4.78, 5) is 22.3. The lowest BCUT2D eigenvalue weighted by atomic mass is 10.1. The molecule has 19 heavy (non-hydrogen) atoms. The summed E-state index contributed by atoms with van der Waals surface area (Å²) in [6.07, 6.45) is 1.05. The van der Waals surface area contributed by atoms with Gasteiger partial charge >= 0.3 is 0 Å². The topological polar surface area (TPSA) is 36.4 Å². The normalized spacial score (nSPS) is 17.8. The predicted molar refractivity (Wildman–Crippen MR) is 79.0 cm³/mol. The van der Waals surface area contributed by atoms with Crippen molar-refractivity contribution in [3.63, 3.8) is 0 Å². The van der Waals surface area contributed by atoms with E-state index in [2.05, 4.69) is 30.8 Å². The molecule has 1 aromatic heterocycles. The van der Waals surface area contributed by atoms with E-state index in [4.69, 9.17) is 0 Å². The van der Waals surface area contributed by atoms with Gasteiger partial charge in [0.25, 0.3) is 5.91 Å². The SMILES string of the molecule is Cc1nc(C(C)C)c(C(=O)N2CCCN(C)CC2)s1. The van der Waals surface area contributed by atoms with Crippen molar-refractivity contribution in [1.29, 1.82) is 0 Å². The molecule has 106 valence electrons. The maximum Gasteiger partial charge on any atom is 0.265 e. The summed E-state index contributed by atoms with van der Waals surface area (Å²) in [6.45, 7) is 9.89. The van der Waals surface area contributed by atoms with Gasteiger partial charge in [-0.1, -0.05) is 13.8 Å². The number of carbonyl (C=O) groups excluding carboxylic acids is 1. The number of thiazole rings is 1. The van der Waals surface area contributed by atoms with Gasteiger partial charge in [-0.15, -0.1) is 11.3 Å². The van der Waals surface area contributed by atoms with E-state index in [0.717, 1.165) is 48.2 Å². The summed E-state index contributed by atoms with van der Waals surface area (Å²) in [5.41, 5.74) is 0.963. The molecule has 0 N–H and O–H groups in total. The summed E-state index contributed by atoms with van der Waals surface area (Å²) in [5, 5.41) is 0.985. The molecule has 1 aromatic rings. The fourth-order valence-corrected chi connectivity index (χ4v) is 3.42. The van der Waals surface area contributed by atoms with Crippen molar-refractivity contribution in [2.24, 2.45) is 0 Å². The van der Waals surface area contributed by atoms with Crippen LogP contribution in [0, 0.1) is 6.92 Å². The van der Waals surface area contributed by atoms with E-state index in [-0.39, 0.29) is 5.91 Å². The maximum atomic E-state index is 12.7. The highest BCUT2D eigenvalue weighted by Gasteiger charge is 2.25. The van der Waals surface area contributed by atoms with Crippen molar-refractivity contribution in [2.45, 2.75) is 33.1 Å². The fourth-order valence-electron chi connectivity index (χ4n) is 2.38. The van der Waals surface area contributed by atoms with Crippen LogP contribution in [-0.4, -0.2) is 53.9 Å². The average molecular weight is 281 g/mol. The van der Waals surface area contributed by atoms with Gasteiger partial charge in [-0.05, 0) is 32.9 Å². The highest BCUT2D eigenvalue weighted by molar-refractivity contribution is 7.13. The van der Waals surface area contributed by atoms with Crippen LogP contribution < -0.4 is 0 Å². The number of rotatable bonds is 2. The van der Waals surface area contributed by atoms with Crippen LogP contribution in [0.25, 0.3) is 0 Å². The van der Waals surface area contributed by atoms with Crippen LogP contribution in [0.2, 0.25) is 0 Å². The first-order valence-electron chi connectivity index (χ1n) is 6.94. The van der Waals surface area contributed by atoms with Crippen molar-refractivity contribution in [2.75, 3.05) is 33.2 Å². The largest absolute Gasteiger partial charge is 0.337 e. The average Bonchev–Trinajstić information content (AvgIpc) is 2.61. The zero-order valence-corrected chi connectivity index (χ0v) is 13.1. The highest BCUT2D eigenvalue weighted by Crippen LogP contribution is 2.26. The van der Waals surface area contributed by atoms with E-state index in [1.807, 2.05) is 11.8 Å². The first-order valence-corrected chi connectivity index (χ1v) is 7.76. The fraction of sp³-hybridized carbons (Fsp3) is 0.714. The summed E-state index contributed by atoms with van der Waals surface area (Å²) in [5.74, 6) is 0.475. The summed E-state index contributed by atoms with van der Waals surface area (Å²) >= 11 is 1.54. The van der Waals surface area contributed by atoms with Crippen LogP contribution in [0.5, 0.6) is 0 Å². The van der Waals surface area contributed by atoms with Crippen molar-refractivity contribution in [3.05, 3.63) is 15.6 Å². The molecule has 5 heteroatoms. The van der Waals surface area contributed by atoms with Gasteiger partial charge in [0.2, 0.25) is 0 Å². The minimum absolute atomic E-state index is 0.171. The Bertz CT molecular complexity index is 456. The molecule has 1 saturated heterocycles. The molecule has 4 nitrogen and oxygen atoms in total. The Morgan fingerprint density at radius 1 is 1.26 bits per heavy atom. The van der Waals surface area contributed by atoms with Crippen molar-refractivity contribution < 1.29 is 4.79 Å². The summed E-state index contributed by atoms with van der Waals surface area (Å²) in [7, 11) is 2.12. The molecule has 0 saturated carbocycles. The minimum Gasteiger partial charge on any atom is -0.337 e. The lowest BCUT2D eigenvalue weighted by Gasteiger charge is -2.20. The molecule has 0 bridgehead atoms. The van der Waals surface area contributed by atoms with E-state index in [9.17, 15) is 4.79 Å². The third-order valence-corrected chi connectivity index (χ3v) is 4.48. The van der Waals surface area contributed by atoms with Crippen LogP contribution in [0.3, 0.4) is 0 Å². The van der Waals surface area contributed by atoms with Gasteiger partial charge in [0.1, 0.15) is 4.88 Å². The molecule has 2 rings (SSSR count). The Kier molecular flexibility index (Phi) is 4.58. The van der Waals surface area contributed by atoms with E-state index in [1.54, 1.807) is 0 Å². The van der Waals surface area contributed by atoms with Crippen LogP contribution in [0.1, 0.15) is 46.6 Å². The maximum absolute atomic E-state index is 12.7. The zero-order chi connectivity index (χ0) is 14.0. The molecular weight excluding hydrogens is 258 g/mol. The van der Waals surface area contributed by atoms with Crippen molar-refractivity contribution in [1.82, 2.24) is 14.8 Å². The lowest BCUT2D eigenvalue weighted by Crippen LogP contribution is -2.34. The van der Waals surface area contributed by atoms with E-state index < -0.39 is 0 Å². The molecule has 1 aliphatic rings. The number of hydrogen-bond acceptors (Lipinski definition) is 4. The van der Waals surface area contributed by atoms with E-state index in [0.29, 0.717) is 5.92 Å². The standard InChI is InChI=1S/C14H23N3OS/c1-10(2)12-13(19-11(3)15-12)14(18)17-7-5-6-16(4)8-9-17/h10H,5-9H2,1-4H3. The number of aromatic nitrogens is 1. The number of likely N-dealkylation sites (N-methyl/N-ethyl adjacent to an activating group) is 1. The molecule has 1 amide bonds. The first-order chi connectivity index (χ1) is 8.99. The van der Waals surface area contributed by atoms with Gasteiger partial charge < -0.3 is 9.80 Å². The van der Waals surface area contributed by atoms with Gasteiger partial charge in [0.05, 0.1) is 10.7 Å². The smallest absolute Gasteiger partial charge is 0.265 e. The second kappa shape index (κ2) is 6.01. The van der Waals surface area contributed by atoms with E-state index >= 15 is 0 Å². The minimum atomic E-state index is 0.171. The van der Waals surface area contributed by atoms with Gasteiger partial charge in [0, 0.05) is 19.6 Å². The molecule has 0 atom stereocenters. The monoisotopic (exact) mass is 281 g/mol. The summed E-state index contributed by atoms with van der Waals surface area (Å²) < 4.78 is 0. The highest BCUT2D eigenvalue weighted by atomic mass is 32.1. The van der Waals surface area contributed by atoms with Crippen LogP contribution in [0.4, 0.5) is 0 Å². The van der Waals surface area contributed by atoms with Crippen LogP contribution >= 0.6 is 11.3 Å². The molecule has 1 aliphatic heterocycles. The molecule has 1 fully saturated rings. The Morgan fingerprint density at radius 2 is 2.00 bits per heavy atom. The third-order valence-electron chi connectivity index (χ3n) is 3.51. The van der Waals surface area contributed by atoms with Crippen LogP contribution in [0.15, 0.2) is 0 Å². The van der Waals surface area contributed by atoms with Gasteiger partial charge in [-0.2, -0.15) is 0 Å². The number of nitrogens with zero attached hydrogens (tertiary/aromatic N) is 3. The quantitative estimate of drug-likeness (QED) is 0.835. The molecule has 2 heterocycles. The third kappa shape index (κ3) is 3.34. The van der Waals surface area contributed by atoms with Gasteiger partial charge in [-0.25, -0.2) is 4.98 Å². The number of amides is 1. The Hall–Kier alpha value is -0.940. The van der Waals surface area contributed by atoms with Crippen molar-refractivity contribution in [3.8, 4) is 0 Å². The van der Waals surface area contributed by atoms with Crippen molar-refractivity contribution >= 4 is 17.2 Å². The first kappa shape index (κ1) is 14.5. The second-order valence-electron chi connectivity index (χ2n) is 5.55. The molecular formula is C14H23N3OS. The Balaban J connectivity index is 2.19. The number of aryl methyl sites for hydroxylation is 1. The molecule has 0 unspecified atom stereocenters. The van der Waals surface area contributed by atoms with Crippen LogP contribution in [-0.2, 0) is 0 Å². The Morgan fingerprint density at radius 3 is 2.68 bits per heavy atom. The number of hydrogen-bond donors (Lipinski definition) is 0. The molecule has 0 aromatic carbocycles. The molecule has 0 radical (unpaired) electrons. The lowest BCUT2D eigenvalue weighted by molar-refractivity contribution is 0.0766. The zero-order valence-electron chi connectivity index (χ0n) is 12.3. The van der Waals surface area contributed by atoms with Gasteiger partial charge in [0.15, 0.2) is 0 Å². The van der Waals surface area contributed by atoms with Gasteiger partial charge in [-0.3, -0.25) is 4.79 Å². The van der Waals surface area contributed by atoms with E-state index in [1.165, 1.54) is 11.3 Å². The molecule has 0 spiro atoms. The summed E-state index contributed by atoms with van der Waals surface area (Å²) in [6, 6.07) is 0. The molecule has 0 aliphatic carbocycles. The predicted octanol–water partition coefficient (Wildman–Crippen LogP) is 2.35. The Labute approximate surface area is 119 Å². The second-order valence-corrected chi connectivity index (χ2v) is 6.75.